The highest BCUT2D eigenvalue weighted by Crippen LogP contribution is 2.58. The number of rotatable bonds is 8. The fourth-order valence-corrected chi connectivity index (χ4v) is 2.76. The first-order valence-corrected chi connectivity index (χ1v) is 7.70. The highest BCUT2D eigenvalue weighted by molar-refractivity contribution is 7.60. The SMILES string of the molecule is C[C@H](OP(=O)(O)OP(=O)(O)O)[C@@H](O)[C@@H](O)[C@H](O)C=O. The van der Waals surface area contributed by atoms with Gasteiger partial charge in [-0.25, -0.2) is 9.13 Å². The van der Waals surface area contributed by atoms with E-state index >= 15 is 0 Å². The van der Waals surface area contributed by atoms with Crippen molar-refractivity contribution < 1.29 is 52.8 Å². The second kappa shape index (κ2) is 7.00. The van der Waals surface area contributed by atoms with Gasteiger partial charge in [0.2, 0.25) is 0 Å². The first-order chi connectivity index (χ1) is 8.39. The molecule has 5 atom stereocenters. The Labute approximate surface area is 107 Å². The van der Waals surface area contributed by atoms with E-state index in [2.05, 4.69) is 8.83 Å². The topological polar surface area (TPSA) is 191 Å². The van der Waals surface area contributed by atoms with Gasteiger partial charge in [0.1, 0.15) is 18.3 Å². The van der Waals surface area contributed by atoms with E-state index < -0.39 is 40.1 Å². The van der Waals surface area contributed by atoms with Gasteiger partial charge in [-0.05, 0) is 6.92 Å². The van der Waals surface area contributed by atoms with Crippen LogP contribution in [0.5, 0.6) is 0 Å². The number of aldehydes is 1. The summed E-state index contributed by atoms with van der Waals surface area (Å²) in [7, 11) is -10.5. The third kappa shape index (κ3) is 7.23. The minimum atomic E-state index is -5.31. The molecule has 0 aromatic rings. The van der Waals surface area contributed by atoms with Crippen LogP contribution in [0.1, 0.15) is 6.92 Å². The second-order valence-electron chi connectivity index (χ2n) is 3.46. The van der Waals surface area contributed by atoms with Gasteiger partial charge < -0.3 is 34.8 Å². The quantitative estimate of drug-likeness (QED) is 0.211. The first-order valence-electron chi connectivity index (χ1n) is 4.67. The summed E-state index contributed by atoms with van der Waals surface area (Å²) in [5.74, 6) is 0. The van der Waals surface area contributed by atoms with Crippen LogP contribution in [-0.4, -0.2) is 60.7 Å². The van der Waals surface area contributed by atoms with Crippen LogP contribution in [0, 0.1) is 0 Å². The van der Waals surface area contributed by atoms with Gasteiger partial charge in [0.05, 0.1) is 6.10 Å². The highest BCUT2D eigenvalue weighted by Gasteiger charge is 2.38. The molecule has 13 heteroatoms. The Balaban J connectivity index is 4.68. The molecule has 1 unspecified atom stereocenters. The molecule has 0 aliphatic rings. The Morgan fingerprint density at radius 2 is 1.53 bits per heavy atom. The van der Waals surface area contributed by atoms with Gasteiger partial charge in [0, 0.05) is 0 Å². The van der Waals surface area contributed by atoms with Gasteiger partial charge in [-0.1, -0.05) is 0 Å². The molecule has 0 saturated carbocycles. The summed E-state index contributed by atoms with van der Waals surface area (Å²) in [5, 5.41) is 27.5. The van der Waals surface area contributed by atoms with Crippen molar-refractivity contribution >= 4 is 21.9 Å². The largest absolute Gasteiger partial charge is 0.481 e. The number of phosphoric ester groups is 1. The van der Waals surface area contributed by atoms with Crippen molar-refractivity contribution in [1.29, 1.82) is 0 Å². The van der Waals surface area contributed by atoms with Crippen molar-refractivity contribution in [3.05, 3.63) is 0 Å². The maximum Gasteiger partial charge on any atom is 0.481 e. The summed E-state index contributed by atoms with van der Waals surface area (Å²) >= 11 is 0. The fourth-order valence-electron chi connectivity index (χ4n) is 0.986. The van der Waals surface area contributed by atoms with Crippen LogP contribution >= 0.6 is 15.6 Å². The number of hydrogen-bond donors (Lipinski definition) is 6. The first kappa shape index (κ1) is 18.8. The molecule has 0 aliphatic heterocycles. The lowest BCUT2D eigenvalue weighted by Gasteiger charge is -2.26. The number of hydrogen-bond acceptors (Lipinski definition) is 8. The second-order valence-corrected chi connectivity index (χ2v) is 6.24. The summed E-state index contributed by atoms with van der Waals surface area (Å²) in [6.45, 7) is 0.942. The molecular weight excluding hydrogens is 310 g/mol. The average Bonchev–Trinajstić information content (AvgIpc) is 2.21. The van der Waals surface area contributed by atoms with Crippen molar-refractivity contribution in [2.45, 2.75) is 31.3 Å². The van der Waals surface area contributed by atoms with Crippen molar-refractivity contribution in [2.24, 2.45) is 0 Å². The van der Waals surface area contributed by atoms with Gasteiger partial charge in [0.15, 0.2) is 6.29 Å². The molecule has 0 aromatic heterocycles. The molecule has 19 heavy (non-hydrogen) atoms. The maximum atomic E-state index is 11.1. The Morgan fingerprint density at radius 1 is 1.05 bits per heavy atom. The molecule has 11 nitrogen and oxygen atoms in total. The minimum Gasteiger partial charge on any atom is -0.388 e. The maximum absolute atomic E-state index is 11.1. The number of carbonyl (C=O) groups excluding carboxylic acids is 1. The zero-order valence-electron chi connectivity index (χ0n) is 9.51. The third-order valence-corrected chi connectivity index (χ3v) is 4.10. The molecule has 0 heterocycles. The molecule has 0 aromatic carbocycles. The summed E-state index contributed by atoms with van der Waals surface area (Å²) in [6, 6.07) is 0. The molecule has 0 radical (unpaired) electrons. The van der Waals surface area contributed by atoms with E-state index in [4.69, 9.17) is 19.8 Å². The molecule has 0 bridgehead atoms. The molecule has 114 valence electrons. The Kier molecular flexibility index (Phi) is 6.93. The zero-order chi connectivity index (χ0) is 15.4. The van der Waals surface area contributed by atoms with Gasteiger partial charge in [0.25, 0.3) is 0 Å². The summed E-state index contributed by atoms with van der Waals surface area (Å²) < 4.78 is 29.0. The Morgan fingerprint density at radius 3 is 1.89 bits per heavy atom. The summed E-state index contributed by atoms with van der Waals surface area (Å²) in [6.07, 6.45) is -7.75. The Hall–Kier alpha value is -0.190. The predicted molar refractivity (Wildman–Crippen MR) is 57.6 cm³/mol. The smallest absolute Gasteiger partial charge is 0.388 e. The normalized spacial score (nSPS) is 22.1. The number of carbonyl (C=O) groups is 1. The highest BCUT2D eigenvalue weighted by atomic mass is 31.3. The van der Waals surface area contributed by atoms with Crippen molar-refractivity contribution in [3.63, 3.8) is 0 Å². The van der Waals surface area contributed by atoms with Crippen LogP contribution in [0.25, 0.3) is 0 Å². The molecule has 0 aliphatic carbocycles. The molecular formula is C6H14O11P2. The van der Waals surface area contributed by atoms with Gasteiger partial charge >= 0.3 is 15.6 Å². The van der Waals surface area contributed by atoms with Crippen LogP contribution < -0.4 is 0 Å². The van der Waals surface area contributed by atoms with E-state index in [0.29, 0.717) is 0 Å². The zero-order valence-corrected chi connectivity index (χ0v) is 11.3. The summed E-state index contributed by atoms with van der Waals surface area (Å²) in [4.78, 5) is 35.7. The van der Waals surface area contributed by atoms with Crippen LogP contribution in [0.2, 0.25) is 0 Å². The van der Waals surface area contributed by atoms with Crippen LogP contribution in [0.15, 0.2) is 0 Å². The molecule has 6 N–H and O–H groups in total. The summed E-state index contributed by atoms with van der Waals surface area (Å²) in [5.41, 5.74) is 0. The van der Waals surface area contributed by atoms with Gasteiger partial charge in [-0.2, -0.15) is 4.31 Å². The van der Waals surface area contributed by atoms with E-state index in [1.165, 1.54) is 0 Å². The average molecular weight is 324 g/mol. The lowest BCUT2D eigenvalue weighted by atomic mass is 10.1. The van der Waals surface area contributed by atoms with E-state index in [1.54, 1.807) is 0 Å². The molecule has 0 fully saturated rings. The minimum absolute atomic E-state index is 0.0920. The Bertz CT molecular complexity index is 391. The number of aliphatic hydroxyl groups is 3. The lowest BCUT2D eigenvalue weighted by Crippen LogP contribution is -2.44. The van der Waals surface area contributed by atoms with E-state index in [9.17, 15) is 24.1 Å². The van der Waals surface area contributed by atoms with E-state index in [1.807, 2.05) is 0 Å². The van der Waals surface area contributed by atoms with Crippen LogP contribution in [0.3, 0.4) is 0 Å². The van der Waals surface area contributed by atoms with Gasteiger partial charge in [-0.3, -0.25) is 4.52 Å². The number of phosphoric acid groups is 2. The van der Waals surface area contributed by atoms with Crippen molar-refractivity contribution in [1.82, 2.24) is 0 Å². The van der Waals surface area contributed by atoms with Gasteiger partial charge in [-0.15, -0.1) is 0 Å². The predicted octanol–water partition coefficient (Wildman–Crippen LogP) is -2.12. The fraction of sp³-hybridized carbons (Fsp3) is 0.833. The third-order valence-electron chi connectivity index (χ3n) is 1.83. The lowest BCUT2D eigenvalue weighted by molar-refractivity contribution is -0.131. The van der Waals surface area contributed by atoms with E-state index in [0.717, 1.165) is 6.92 Å². The standard InChI is InChI=1S/C6H14O11P2/c1-3(5(9)6(10)4(8)2-7)16-19(14,15)17-18(11,12)13/h2-6,8-10H,1H3,(H,14,15)(H2,11,12,13)/t3-,4+,5+,6-/m0/s1. The molecule has 0 saturated heterocycles. The van der Waals surface area contributed by atoms with Crippen molar-refractivity contribution in [3.8, 4) is 0 Å². The van der Waals surface area contributed by atoms with Crippen LogP contribution in [-0.2, 0) is 22.8 Å². The number of aliphatic hydroxyl groups excluding tert-OH is 3. The molecule has 0 rings (SSSR count). The monoisotopic (exact) mass is 324 g/mol. The van der Waals surface area contributed by atoms with E-state index in [-0.39, 0.29) is 6.29 Å². The molecule has 0 spiro atoms. The molecule has 0 amide bonds. The van der Waals surface area contributed by atoms with Crippen molar-refractivity contribution in [2.75, 3.05) is 0 Å². The van der Waals surface area contributed by atoms with Crippen LogP contribution in [0.4, 0.5) is 0 Å².